The lowest BCUT2D eigenvalue weighted by atomic mass is 9.96. The smallest absolute Gasteiger partial charge is 0.255 e. The molecule has 0 aliphatic carbocycles. The highest BCUT2D eigenvalue weighted by molar-refractivity contribution is 5.79. The highest BCUT2D eigenvalue weighted by atomic mass is 19.3. The first kappa shape index (κ1) is 12.8. The minimum atomic E-state index is -2.51. The Morgan fingerprint density at radius 1 is 1.44 bits per heavy atom. The van der Waals surface area contributed by atoms with Gasteiger partial charge < -0.3 is 10.1 Å². The van der Waals surface area contributed by atoms with E-state index in [-0.39, 0.29) is 11.8 Å². The fourth-order valence-corrected chi connectivity index (χ4v) is 2.04. The topological polar surface area (TPSA) is 38.3 Å². The van der Waals surface area contributed by atoms with Crippen molar-refractivity contribution in [3.05, 3.63) is 29.8 Å². The van der Waals surface area contributed by atoms with Gasteiger partial charge in [0.2, 0.25) is 5.91 Å². The maximum atomic E-state index is 12.0. The Labute approximate surface area is 104 Å². The molecule has 3 nitrogen and oxygen atoms in total. The zero-order valence-electron chi connectivity index (χ0n) is 9.86. The third kappa shape index (κ3) is 3.18. The molecule has 1 heterocycles. The van der Waals surface area contributed by atoms with Gasteiger partial charge in [0.05, 0.1) is 13.2 Å². The molecule has 0 spiro atoms. The molecular formula is C13H15F2NO2. The lowest BCUT2D eigenvalue weighted by Crippen LogP contribution is -2.35. The van der Waals surface area contributed by atoms with E-state index >= 15 is 0 Å². The average molecular weight is 255 g/mol. The van der Waals surface area contributed by atoms with E-state index < -0.39 is 13.0 Å². The van der Waals surface area contributed by atoms with Gasteiger partial charge in [0.25, 0.3) is 6.43 Å². The number of alkyl halides is 2. The van der Waals surface area contributed by atoms with Gasteiger partial charge in [-0.25, -0.2) is 8.78 Å². The van der Waals surface area contributed by atoms with Crippen LogP contribution < -0.4 is 10.1 Å². The number of carbonyl (C=O) groups is 1. The number of para-hydroxylation sites is 1. The second kappa shape index (κ2) is 5.80. The Bertz CT molecular complexity index is 423. The maximum absolute atomic E-state index is 12.0. The highest BCUT2D eigenvalue weighted by Crippen LogP contribution is 2.26. The molecule has 0 saturated heterocycles. The molecule has 1 unspecified atom stereocenters. The summed E-state index contributed by atoms with van der Waals surface area (Å²) in [5, 5.41) is 2.27. The number of amides is 1. The van der Waals surface area contributed by atoms with Crippen LogP contribution in [-0.2, 0) is 11.2 Å². The van der Waals surface area contributed by atoms with E-state index in [0.29, 0.717) is 19.4 Å². The van der Waals surface area contributed by atoms with Crippen LogP contribution in [0.3, 0.4) is 0 Å². The number of halogens is 2. The summed E-state index contributed by atoms with van der Waals surface area (Å²) in [6, 6.07) is 7.50. The minimum Gasteiger partial charge on any atom is -0.493 e. The van der Waals surface area contributed by atoms with Crippen molar-refractivity contribution in [2.75, 3.05) is 13.2 Å². The molecule has 1 aromatic carbocycles. The van der Waals surface area contributed by atoms with Crippen LogP contribution in [0.1, 0.15) is 12.0 Å². The number of ether oxygens (including phenoxy) is 1. The molecule has 1 amide bonds. The summed E-state index contributed by atoms with van der Waals surface area (Å²) >= 11 is 0. The molecule has 0 fully saturated rings. The average Bonchev–Trinajstić information content (AvgIpc) is 2.57. The predicted molar refractivity (Wildman–Crippen MR) is 62.8 cm³/mol. The number of fused-ring (bicyclic) bond motifs is 1. The van der Waals surface area contributed by atoms with E-state index in [9.17, 15) is 13.6 Å². The zero-order valence-corrected chi connectivity index (χ0v) is 9.86. The van der Waals surface area contributed by atoms with E-state index in [2.05, 4.69) is 5.32 Å². The summed E-state index contributed by atoms with van der Waals surface area (Å²) in [6.07, 6.45) is -1.43. The first-order chi connectivity index (χ1) is 8.66. The van der Waals surface area contributed by atoms with Crippen LogP contribution in [-0.4, -0.2) is 25.5 Å². The zero-order chi connectivity index (χ0) is 13.0. The Balaban J connectivity index is 2.01. The predicted octanol–water partition coefficient (Wildman–Crippen LogP) is 2.01. The lowest BCUT2D eigenvalue weighted by molar-refractivity contribution is -0.125. The van der Waals surface area contributed by atoms with Crippen LogP contribution in [0.15, 0.2) is 24.3 Å². The number of hydrogen-bond donors (Lipinski definition) is 1. The molecule has 2 rings (SSSR count). The Kier molecular flexibility index (Phi) is 4.12. The fourth-order valence-electron chi connectivity index (χ4n) is 2.04. The van der Waals surface area contributed by atoms with Crippen LogP contribution in [0.25, 0.3) is 0 Å². The maximum Gasteiger partial charge on any atom is 0.255 e. The molecule has 5 heteroatoms. The summed E-state index contributed by atoms with van der Waals surface area (Å²) in [7, 11) is 0. The van der Waals surface area contributed by atoms with Crippen LogP contribution in [0.5, 0.6) is 5.75 Å². The van der Waals surface area contributed by atoms with Gasteiger partial charge in [-0.1, -0.05) is 18.2 Å². The van der Waals surface area contributed by atoms with Crippen LogP contribution >= 0.6 is 0 Å². The van der Waals surface area contributed by atoms with Crippen molar-refractivity contribution >= 4 is 5.91 Å². The summed E-state index contributed by atoms with van der Waals surface area (Å²) in [5.74, 6) is 0.157. The number of rotatable bonds is 3. The van der Waals surface area contributed by atoms with Crippen molar-refractivity contribution in [3.63, 3.8) is 0 Å². The van der Waals surface area contributed by atoms with Gasteiger partial charge >= 0.3 is 0 Å². The van der Waals surface area contributed by atoms with Gasteiger partial charge in [-0.15, -0.1) is 0 Å². The van der Waals surface area contributed by atoms with E-state index in [1.54, 1.807) is 0 Å². The molecule has 0 radical (unpaired) electrons. The Morgan fingerprint density at radius 3 is 3.00 bits per heavy atom. The molecule has 0 aromatic heterocycles. The third-order valence-corrected chi connectivity index (χ3v) is 2.96. The van der Waals surface area contributed by atoms with Gasteiger partial charge in [-0.2, -0.15) is 0 Å². The molecule has 0 bridgehead atoms. The lowest BCUT2D eigenvalue weighted by Gasteiger charge is -2.13. The third-order valence-electron chi connectivity index (χ3n) is 2.96. The summed E-state index contributed by atoms with van der Waals surface area (Å²) < 4.78 is 29.6. The van der Waals surface area contributed by atoms with Gasteiger partial charge in [0.15, 0.2) is 0 Å². The highest BCUT2D eigenvalue weighted by Gasteiger charge is 2.23. The van der Waals surface area contributed by atoms with E-state index in [0.717, 1.165) is 11.3 Å². The van der Waals surface area contributed by atoms with E-state index in [4.69, 9.17) is 4.74 Å². The van der Waals surface area contributed by atoms with Gasteiger partial charge in [0.1, 0.15) is 5.75 Å². The number of carbonyl (C=O) groups excluding carboxylic acids is 1. The van der Waals surface area contributed by atoms with Crippen molar-refractivity contribution in [2.45, 2.75) is 19.3 Å². The van der Waals surface area contributed by atoms with Gasteiger partial charge in [-0.05, 0) is 24.5 Å². The molecule has 18 heavy (non-hydrogen) atoms. The van der Waals surface area contributed by atoms with Crippen molar-refractivity contribution in [2.24, 2.45) is 5.92 Å². The normalized spacial score (nSPS) is 18.7. The van der Waals surface area contributed by atoms with Gasteiger partial charge in [0, 0.05) is 5.92 Å². The van der Waals surface area contributed by atoms with Crippen LogP contribution in [0, 0.1) is 5.92 Å². The second-order valence-electron chi connectivity index (χ2n) is 4.28. The number of benzene rings is 1. The first-order valence-corrected chi connectivity index (χ1v) is 5.93. The van der Waals surface area contributed by atoms with Crippen LogP contribution in [0.4, 0.5) is 8.78 Å². The van der Waals surface area contributed by atoms with Crippen molar-refractivity contribution < 1.29 is 18.3 Å². The van der Waals surface area contributed by atoms with Gasteiger partial charge in [-0.3, -0.25) is 4.79 Å². The molecule has 1 aliphatic rings. The quantitative estimate of drug-likeness (QED) is 0.897. The molecule has 1 atom stereocenters. The largest absolute Gasteiger partial charge is 0.493 e. The van der Waals surface area contributed by atoms with E-state index in [1.165, 1.54) is 0 Å². The number of hydrogen-bond acceptors (Lipinski definition) is 2. The number of nitrogens with one attached hydrogen (secondary N) is 1. The molecule has 1 aromatic rings. The molecule has 1 aliphatic heterocycles. The molecule has 1 N–H and O–H groups in total. The fraction of sp³-hybridized carbons (Fsp3) is 0.462. The van der Waals surface area contributed by atoms with Crippen LogP contribution in [0.2, 0.25) is 0 Å². The Morgan fingerprint density at radius 2 is 2.22 bits per heavy atom. The SMILES string of the molecule is O=C(NCC(F)F)C1CCOc2ccccc2C1. The van der Waals surface area contributed by atoms with Crippen molar-refractivity contribution in [1.29, 1.82) is 0 Å². The summed E-state index contributed by atoms with van der Waals surface area (Å²) in [4.78, 5) is 11.8. The molecule has 98 valence electrons. The minimum absolute atomic E-state index is 0.299. The second-order valence-corrected chi connectivity index (χ2v) is 4.28. The molecular weight excluding hydrogens is 240 g/mol. The molecule has 0 saturated carbocycles. The monoisotopic (exact) mass is 255 g/mol. The van der Waals surface area contributed by atoms with Crippen molar-refractivity contribution in [3.8, 4) is 5.75 Å². The van der Waals surface area contributed by atoms with E-state index in [1.807, 2.05) is 24.3 Å². The van der Waals surface area contributed by atoms with Crippen molar-refractivity contribution in [1.82, 2.24) is 5.32 Å². The summed E-state index contributed by atoms with van der Waals surface area (Å²) in [6.45, 7) is -0.151. The Hall–Kier alpha value is -1.65. The standard InChI is InChI=1S/C13H15F2NO2/c14-12(15)8-16-13(17)10-5-6-18-11-4-2-1-3-9(11)7-10/h1-4,10,12H,5-8H2,(H,16,17). The first-order valence-electron chi connectivity index (χ1n) is 5.93. The summed E-state index contributed by atoms with van der Waals surface area (Å²) in [5.41, 5.74) is 0.951.